The summed E-state index contributed by atoms with van der Waals surface area (Å²) in [6.45, 7) is 1.95. The summed E-state index contributed by atoms with van der Waals surface area (Å²) >= 11 is 0. The van der Waals surface area contributed by atoms with E-state index in [0.717, 1.165) is 28.2 Å². The number of aryl methyl sites for hydroxylation is 1. The number of halogens is 1. The lowest BCUT2D eigenvalue weighted by Gasteiger charge is -2.01. The molecule has 0 bridgehead atoms. The number of imidazole rings is 1. The van der Waals surface area contributed by atoms with E-state index in [1.54, 1.807) is 6.07 Å². The normalized spacial score (nSPS) is 11.0. The van der Waals surface area contributed by atoms with Crippen LogP contribution in [-0.4, -0.2) is 9.97 Å². The van der Waals surface area contributed by atoms with Gasteiger partial charge in [-0.3, -0.25) is 0 Å². The van der Waals surface area contributed by atoms with E-state index in [1.165, 1.54) is 12.1 Å². The van der Waals surface area contributed by atoms with Crippen molar-refractivity contribution in [2.75, 3.05) is 5.73 Å². The lowest BCUT2D eigenvalue weighted by molar-refractivity contribution is 0.629. The average molecular weight is 241 g/mol. The molecule has 3 rings (SSSR count). The van der Waals surface area contributed by atoms with Crippen LogP contribution in [0.1, 0.15) is 5.56 Å². The zero-order chi connectivity index (χ0) is 12.7. The minimum absolute atomic E-state index is 0.272. The topological polar surface area (TPSA) is 54.7 Å². The molecule has 0 saturated heterocycles. The Labute approximate surface area is 103 Å². The lowest BCUT2D eigenvalue weighted by atomic mass is 10.1. The highest BCUT2D eigenvalue weighted by Crippen LogP contribution is 2.23. The molecular weight excluding hydrogens is 229 g/mol. The van der Waals surface area contributed by atoms with Crippen LogP contribution in [0.5, 0.6) is 0 Å². The Balaban J connectivity index is 2.16. The number of H-pyrrole nitrogens is 1. The second-order valence-electron chi connectivity index (χ2n) is 4.32. The number of hydrogen-bond donors (Lipinski definition) is 2. The Morgan fingerprint density at radius 3 is 2.78 bits per heavy atom. The molecule has 0 saturated carbocycles. The minimum Gasteiger partial charge on any atom is -0.399 e. The van der Waals surface area contributed by atoms with Gasteiger partial charge in [-0.25, -0.2) is 9.37 Å². The molecule has 3 nitrogen and oxygen atoms in total. The summed E-state index contributed by atoms with van der Waals surface area (Å²) in [4.78, 5) is 7.54. The molecular formula is C14H12FN3. The van der Waals surface area contributed by atoms with Gasteiger partial charge >= 0.3 is 0 Å². The van der Waals surface area contributed by atoms with Crippen LogP contribution in [0.25, 0.3) is 22.4 Å². The fourth-order valence-electron chi connectivity index (χ4n) is 1.94. The molecule has 3 N–H and O–H groups in total. The summed E-state index contributed by atoms with van der Waals surface area (Å²) in [6.07, 6.45) is 0. The monoisotopic (exact) mass is 241 g/mol. The van der Waals surface area contributed by atoms with E-state index in [2.05, 4.69) is 9.97 Å². The van der Waals surface area contributed by atoms with E-state index in [4.69, 9.17) is 5.73 Å². The molecule has 1 aromatic heterocycles. The number of nitrogens with two attached hydrogens (primary N) is 1. The van der Waals surface area contributed by atoms with Gasteiger partial charge in [0.2, 0.25) is 0 Å². The summed E-state index contributed by atoms with van der Waals surface area (Å²) in [5.74, 6) is 0.449. The number of nitrogen functional groups attached to an aromatic ring is 1. The van der Waals surface area contributed by atoms with E-state index >= 15 is 0 Å². The summed E-state index contributed by atoms with van der Waals surface area (Å²) in [7, 11) is 0. The highest BCUT2D eigenvalue weighted by molar-refractivity contribution is 5.79. The fraction of sp³-hybridized carbons (Fsp3) is 0.0714. The molecule has 0 aliphatic carbocycles. The van der Waals surface area contributed by atoms with Gasteiger partial charge in [0.15, 0.2) is 0 Å². The van der Waals surface area contributed by atoms with Gasteiger partial charge in [0, 0.05) is 11.3 Å². The number of nitrogens with zero attached hydrogens (tertiary/aromatic N) is 1. The zero-order valence-electron chi connectivity index (χ0n) is 9.87. The van der Waals surface area contributed by atoms with Crippen LogP contribution < -0.4 is 5.73 Å². The van der Waals surface area contributed by atoms with Gasteiger partial charge in [-0.15, -0.1) is 0 Å². The van der Waals surface area contributed by atoms with Crippen molar-refractivity contribution in [1.82, 2.24) is 9.97 Å². The highest BCUT2D eigenvalue weighted by Gasteiger charge is 2.06. The zero-order valence-corrected chi connectivity index (χ0v) is 9.87. The van der Waals surface area contributed by atoms with Crippen molar-refractivity contribution < 1.29 is 4.39 Å². The third-order valence-corrected chi connectivity index (χ3v) is 2.99. The van der Waals surface area contributed by atoms with Crippen LogP contribution in [0.2, 0.25) is 0 Å². The number of aromatic amines is 1. The Hall–Kier alpha value is -2.36. The molecule has 90 valence electrons. The largest absolute Gasteiger partial charge is 0.399 e. The molecule has 0 unspecified atom stereocenters. The highest BCUT2D eigenvalue weighted by atomic mass is 19.1. The second kappa shape index (κ2) is 3.84. The summed E-state index contributed by atoms with van der Waals surface area (Å²) in [6, 6.07) is 10.2. The molecule has 1 heterocycles. The van der Waals surface area contributed by atoms with Crippen LogP contribution in [-0.2, 0) is 0 Å². The van der Waals surface area contributed by atoms with Crippen molar-refractivity contribution in [3.63, 3.8) is 0 Å². The van der Waals surface area contributed by atoms with Crippen LogP contribution in [0.3, 0.4) is 0 Å². The summed E-state index contributed by atoms with van der Waals surface area (Å²) in [5.41, 5.74) is 9.92. The van der Waals surface area contributed by atoms with Crippen molar-refractivity contribution >= 4 is 16.7 Å². The van der Waals surface area contributed by atoms with E-state index in [1.807, 2.05) is 25.1 Å². The SMILES string of the molecule is Cc1cc(-c2nc3ccc(F)cc3[nH]2)ccc1N. The van der Waals surface area contributed by atoms with Gasteiger partial charge in [-0.2, -0.15) is 0 Å². The molecule has 0 spiro atoms. The number of aromatic nitrogens is 2. The Bertz CT molecular complexity index is 731. The Morgan fingerprint density at radius 2 is 2.00 bits per heavy atom. The van der Waals surface area contributed by atoms with Crippen LogP contribution >= 0.6 is 0 Å². The van der Waals surface area contributed by atoms with Crippen molar-refractivity contribution in [2.45, 2.75) is 6.92 Å². The van der Waals surface area contributed by atoms with Gasteiger partial charge in [-0.05, 0) is 48.9 Å². The van der Waals surface area contributed by atoms with Crippen molar-refractivity contribution in [3.05, 3.63) is 47.8 Å². The first kappa shape index (κ1) is 10.8. The van der Waals surface area contributed by atoms with Gasteiger partial charge in [-0.1, -0.05) is 0 Å². The molecule has 4 heteroatoms. The molecule has 0 amide bonds. The van der Waals surface area contributed by atoms with Crippen LogP contribution in [0.15, 0.2) is 36.4 Å². The van der Waals surface area contributed by atoms with Crippen molar-refractivity contribution in [3.8, 4) is 11.4 Å². The maximum Gasteiger partial charge on any atom is 0.138 e. The third-order valence-electron chi connectivity index (χ3n) is 2.99. The molecule has 0 fully saturated rings. The third kappa shape index (κ3) is 1.72. The first-order chi connectivity index (χ1) is 8.63. The van der Waals surface area contributed by atoms with Crippen molar-refractivity contribution in [1.29, 1.82) is 0 Å². The number of nitrogens with one attached hydrogen (secondary N) is 1. The molecule has 18 heavy (non-hydrogen) atoms. The quantitative estimate of drug-likeness (QED) is 0.642. The number of anilines is 1. The molecule has 2 aromatic carbocycles. The predicted octanol–water partition coefficient (Wildman–Crippen LogP) is 3.26. The number of hydrogen-bond acceptors (Lipinski definition) is 2. The molecule has 0 radical (unpaired) electrons. The maximum atomic E-state index is 13.1. The van der Waals surface area contributed by atoms with Gasteiger partial charge in [0.1, 0.15) is 11.6 Å². The summed E-state index contributed by atoms with van der Waals surface area (Å²) < 4.78 is 13.1. The maximum absolute atomic E-state index is 13.1. The first-order valence-corrected chi connectivity index (χ1v) is 5.65. The van der Waals surface area contributed by atoms with E-state index in [9.17, 15) is 4.39 Å². The molecule has 0 atom stereocenters. The first-order valence-electron chi connectivity index (χ1n) is 5.65. The fourth-order valence-corrected chi connectivity index (χ4v) is 1.94. The smallest absolute Gasteiger partial charge is 0.138 e. The number of fused-ring (bicyclic) bond motifs is 1. The van der Waals surface area contributed by atoms with E-state index < -0.39 is 0 Å². The van der Waals surface area contributed by atoms with Gasteiger partial charge < -0.3 is 10.7 Å². The van der Waals surface area contributed by atoms with E-state index in [0.29, 0.717) is 5.52 Å². The lowest BCUT2D eigenvalue weighted by Crippen LogP contribution is -1.90. The Morgan fingerprint density at radius 1 is 1.17 bits per heavy atom. The molecule has 0 aliphatic heterocycles. The molecule has 3 aromatic rings. The minimum atomic E-state index is -0.272. The molecule has 0 aliphatic rings. The van der Waals surface area contributed by atoms with Crippen molar-refractivity contribution in [2.24, 2.45) is 0 Å². The van der Waals surface area contributed by atoms with Gasteiger partial charge in [0.25, 0.3) is 0 Å². The standard InChI is InChI=1S/C14H12FN3/c1-8-6-9(2-4-11(8)16)14-17-12-5-3-10(15)7-13(12)18-14/h2-7H,16H2,1H3,(H,17,18). The van der Waals surface area contributed by atoms with Crippen LogP contribution in [0.4, 0.5) is 10.1 Å². The van der Waals surface area contributed by atoms with E-state index in [-0.39, 0.29) is 5.82 Å². The van der Waals surface area contributed by atoms with Gasteiger partial charge in [0.05, 0.1) is 11.0 Å². The average Bonchev–Trinajstić information content (AvgIpc) is 2.75. The number of rotatable bonds is 1. The summed E-state index contributed by atoms with van der Waals surface area (Å²) in [5, 5.41) is 0. The van der Waals surface area contributed by atoms with Crippen LogP contribution in [0, 0.1) is 12.7 Å². The second-order valence-corrected chi connectivity index (χ2v) is 4.32. The number of benzene rings is 2. The predicted molar refractivity (Wildman–Crippen MR) is 70.6 cm³/mol. The Kier molecular flexibility index (Phi) is 2.30.